The van der Waals surface area contributed by atoms with E-state index in [4.69, 9.17) is 11.6 Å². The van der Waals surface area contributed by atoms with Gasteiger partial charge in [-0.05, 0) is 65.2 Å². The summed E-state index contributed by atoms with van der Waals surface area (Å²) in [5.74, 6) is -0.284. The van der Waals surface area contributed by atoms with Crippen LogP contribution in [0, 0.1) is 19.7 Å². The summed E-state index contributed by atoms with van der Waals surface area (Å²) in [5, 5.41) is 4.99. The van der Waals surface area contributed by atoms with Crippen LogP contribution in [0.15, 0.2) is 46.9 Å². The number of rotatable bonds is 5. The van der Waals surface area contributed by atoms with Gasteiger partial charge in [0.1, 0.15) is 5.82 Å². The molecule has 32 heavy (non-hydrogen) atoms. The highest BCUT2D eigenvalue weighted by Crippen LogP contribution is 2.22. The van der Waals surface area contributed by atoms with Crippen molar-refractivity contribution >= 4 is 33.4 Å². The molecule has 1 aliphatic heterocycles. The number of benzene rings is 2. The number of hydrogen-bond donors (Lipinski definition) is 0. The van der Waals surface area contributed by atoms with Gasteiger partial charge in [0, 0.05) is 43.3 Å². The van der Waals surface area contributed by atoms with Crippen LogP contribution in [-0.2, 0) is 13.1 Å². The molecule has 0 N–H and O–H groups in total. The van der Waals surface area contributed by atoms with Gasteiger partial charge in [-0.3, -0.25) is 14.4 Å². The Bertz CT molecular complexity index is 1120. The summed E-state index contributed by atoms with van der Waals surface area (Å²) in [4.78, 5) is 17.1. The third-order valence-corrected chi connectivity index (χ3v) is 7.39. The van der Waals surface area contributed by atoms with E-state index in [1.165, 1.54) is 12.1 Å². The number of aryl methyl sites for hydroxylation is 1. The smallest absolute Gasteiger partial charge is 0.253 e. The second-order valence-corrected chi connectivity index (χ2v) is 9.34. The highest BCUT2D eigenvalue weighted by atomic mass is 79.9. The van der Waals surface area contributed by atoms with Gasteiger partial charge in [0.2, 0.25) is 0 Å². The summed E-state index contributed by atoms with van der Waals surface area (Å²) >= 11 is 9.71. The average molecular weight is 520 g/mol. The van der Waals surface area contributed by atoms with Gasteiger partial charge >= 0.3 is 0 Å². The molecule has 1 amide bonds. The number of carbonyl (C=O) groups is 1. The number of nitrogens with zero attached hydrogens (tertiary/aromatic N) is 4. The van der Waals surface area contributed by atoms with Gasteiger partial charge in [0.15, 0.2) is 0 Å². The lowest BCUT2D eigenvalue weighted by molar-refractivity contribution is 0.0628. The van der Waals surface area contributed by atoms with Crippen LogP contribution >= 0.6 is 27.5 Å². The third-order valence-electron chi connectivity index (χ3n) is 5.89. The van der Waals surface area contributed by atoms with Crippen molar-refractivity contribution in [3.63, 3.8) is 0 Å². The van der Waals surface area contributed by atoms with Gasteiger partial charge in [-0.2, -0.15) is 5.10 Å². The molecule has 0 bridgehead atoms. The Morgan fingerprint density at radius 3 is 2.34 bits per heavy atom. The van der Waals surface area contributed by atoms with Gasteiger partial charge in [0.05, 0.1) is 22.4 Å². The minimum atomic E-state index is -0.331. The molecule has 0 spiro atoms. The quantitative estimate of drug-likeness (QED) is 0.473. The average Bonchev–Trinajstić information content (AvgIpc) is 3.03. The van der Waals surface area contributed by atoms with E-state index in [-0.39, 0.29) is 11.7 Å². The Kier molecular flexibility index (Phi) is 6.98. The van der Waals surface area contributed by atoms with Gasteiger partial charge < -0.3 is 4.90 Å². The van der Waals surface area contributed by atoms with Gasteiger partial charge in [-0.15, -0.1) is 0 Å². The first-order valence-electron chi connectivity index (χ1n) is 10.6. The lowest BCUT2D eigenvalue weighted by Gasteiger charge is -2.35. The van der Waals surface area contributed by atoms with Crippen molar-refractivity contribution in [1.29, 1.82) is 0 Å². The van der Waals surface area contributed by atoms with E-state index in [9.17, 15) is 9.18 Å². The Labute approximate surface area is 200 Å². The fourth-order valence-corrected chi connectivity index (χ4v) is 4.45. The van der Waals surface area contributed by atoms with Crippen molar-refractivity contribution in [2.45, 2.75) is 26.9 Å². The summed E-state index contributed by atoms with van der Waals surface area (Å²) in [7, 11) is 0. The molecule has 4 rings (SSSR count). The van der Waals surface area contributed by atoms with Gasteiger partial charge in [0.25, 0.3) is 5.91 Å². The van der Waals surface area contributed by atoms with E-state index in [0.717, 1.165) is 40.1 Å². The van der Waals surface area contributed by atoms with Crippen molar-refractivity contribution < 1.29 is 9.18 Å². The van der Waals surface area contributed by atoms with Crippen molar-refractivity contribution in [2.24, 2.45) is 0 Å². The Balaban J connectivity index is 1.33. The maximum Gasteiger partial charge on any atom is 0.253 e. The van der Waals surface area contributed by atoms with Crippen molar-refractivity contribution in [3.8, 4) is 0 Å². The first-order chi connectivity index (χ1) is 15.3. The van der Waals surface area contributed by atoms with E-state index in [0.29, 0.717) is 36.8 Å². The van der Waals surface area contributed by atoms with Crippen LogP contribution < -0.4 is 0 Å². The predicted molar refractivity (Wildman–Crippen MR) is 128 cm³/mol. The number of hydrogen-bond acceptors (Lipinski definition) is 3. The van der Waals surface area contributed by atoms with Crippen LogP contribution in [0.3, 0.4) is 0 Å². The predicted octanol–water partition coefficient (Wildman–Crippen LogP) is 5.06. The highest BCUT2D eigenvalue weighted by Gasteiger charge is 2.22. The Morgan fingerprint density at radius 2 is 1.75 bits per heavy atom. The first-order valence-corrected chi connectivity index (χ1v) is 11.7. The maximum absolute atomic E-state index is 13.2. The van der Waals surface area contributed by atoms with Crippen LogP contribution in [0.25, 0.3) is 0 Å². The monoisotopic (exact) mass is 518 g/mol. The molecule has 0 atom stereocenters. The van der Waals surface area contributed by atoms with E-state index in [1.54, 1.807) is 6.07 Å². The molecule has 1 fully saturated rings. The molecule has 0 radical (unpaired) electrons. The number of carbonyl (C=O) groups excluding carboxylic acids is 1. The zero-order valence-electron chi connectivity index (χ0n) is 18.1. The molecular formula is C24H25BrClFN4O. The topological polar surface area (TPSA) is 41.4 Å². The molecule has 3 aromatic rings. The Morgan fingerprint density at radius 1 is 1.06 bits per heavy atom. The largest absolute Gasteiger partial charge is 0.336 e. The zero-order chi connectivity index (χ0) is 22.8. The second-order valence-electron chi connectivity index (χ2n) is 8.14. The molecule has 0 aliphatic carbocycles. The van der Waals surface area contributed by atoms with E-state index in [2.05, 4.69) is 25.9 Å². The normalized spacial score (nSPS) is 14.7. The molecule has 1 saturated heterocycles. The molecule has 1 aromatic heterocycles. The zero-order valence-corrected chi connectivity index (χ0v) is 20.5. The second kappa shape index (κ2) is 9.73. The number of amides is 1. The minimum absolute atomic E-state index is 0.0462. The third kappa shape index (κ3) is 5.05. The van der Waals surface area contributed by atoms with Crippen LogP contribution in [0.4, 0.5) is 4.39 Å². The van der Waals surface area contributed by atoms with Gasteiger partial charge in [-0.1, -0.05) is 29.8 Å². The molecule has 1 aliphatic rings. The molecule has 2 aromatic carbocycles. The molecule has 168 valence electrons. The minimum Gasteiger partial charge on any atom is -0.336 e. The van der Waals surface area contributed by atoms with Crippen LogP contribution in [0.5, 0.6) is 0 Å². The number of halogens is 3. The summed E-state index contributed by atoms with van der Waals surface area (Å²) in [5.41, 5.74) is 4.75. The van der Waals surface area contributed by atoms with Crippen LogP contribution in [0.1, 0.15) is 32.9 Å². The standard InChI is InChI=1S/C24H25BrClFN4O/c1-16-23(25)17(2)31(28-16)14-18-3-5-19(6-4-18)24(32)30-11-9-29(10-12-30)15-20-7-8-21(27)13-22(20)26/h3-8,13H,9-12,14-15H2,1-2H3. The van der Waals surface area contributed by atoms with Gasteiger partial charge in [-0.25, -0.2) is 4.39 Å². The van der Waals surface area contributed by atoms with E-state index >= 15 is 0 Å². The summed E-state index contributed by atoms with van der Waals surface area (Å²) in [6.45, 7) is 8.14. The molecule has 0 saturated carbocycles. The Hall–Kier alpha value is -2.22. The fourth-order valence-electron chi connectivity index (χ4n) is 3.94. The van der Waals surface area contributed by atoms with E-state index in [1.807, 2.05) is 47.7 Å². The van der Waals surface area contributed by atoms with Crippen molar-refractivity contribution in [2.75, 3.05) is 26.2 Å². The molecule has 5 nitrogen and oxygen atoms in total. The van der Waals surface area contributed by atoms with Crippen molar-refractivity contribution in [1.82, 2.24) is 19.6 Å². The summed E-state index contributed by atoms with van der Waals surface area (Å²) < 4.78 is 16.2. The SMILES string of the molecule is Cc1nn(Cc2ccc(C(=O)N3CCN(Cc4ccc(F)cc4Cl)CC3)cc2)c(C)c1Br. The fraction of sp³-hybridized carbons (Fsp3) is 0.333. The van der Waals surface area contributed by atoms with E-state index < -0.39 is 0 Å². The molecule has 0 unspecified atom stereocenters. The molecule has 2 heterocycles. The van der Waals surface area contributed by atoms with Crippen molar-refractivity contribution in [3.05, 3.63) is 85.9 Å². The van der Waals surface area contributed by atoms with Crippen LogP contribution in [-0.4, -0.2) is 51.7 Å². The summed E-state index contributed by atoms with van der Waals surface area (Å²) in [6, 6.07) is 12.3. The number of piperazine rings is 1. The molecular weight excluding hydrogens is 495 g/mol. The van der Waals surface area contributed by atoms with Crippen LogP contribution in [0.2, 0.25) is 5.02 Å². The highest BCUT2D eigenvalue weighted by molar-refractivity contribution is 9.10. The lowest BCUT2D eigenvalue weighted by atomic mass is 10.1. The maximum atomic E-state index is 13.2. The summed E-state index contributed by atoms with van der Waals surface area (Å²) in [6.07, 6.45) is 0. The molecule has 8 heteroatoms. The lowest BCUT2D eigenvalue weighted by Crippen LogP contribution is -2.48. The first kappa shape index (κ1) is 23.0. The number of aromatic nitrogens is 2.